The number of thiazole rings is 1. The summed E-state index contributed by atoms with van der Waals surface area (Å²) in [6.07, 6.45) is 15.2. The minimum atomic E-state index is -0.950. The van der Waals surface area contributed by atoms with Crippen molar-refractivity contribution >= 4 is 32.7 Å². The zero-order valence-electron chi connectivity index (χ0n) is 23.6. The number of benzene rings is 1. The van der Waals surface area contributed by atoms with Gasteiger partial charge in [-0.2, -0.15) is 0 Å². The quantitative estimate of drug-likeness (QED) is 0.286. The van der Waals surface area contributed by atoms with Crippen LogP contribution >= 0.6 is 11.3 Å². The smallest absolute Gasteiger partial charge is 0.335 e. The summed E-state index contributed by atoms with van der Waals surface area (Å²) >= 11 is 1.59. The van der Waals surface area contributed by atoms with Crippen molar-refractivity contribution in [3.8, 4) is 5.75 Å². The number of aromatic nitrogens is 2. The van der Waals surface area contributed by atoms with Gasteiger partial charge < -0.3 is 24.0 Å². The van der Waals surface area contributed by atoms with Crippen LogP contribution in [0.3, 0.4) is 0 Å². The fourth-order valence-corrected chi connectivity index (χ4v) is 9.93. The van der Waals surface area contributed by atoms with Crippen LogP contribution in [0.4, 0.5) is 5.13 Å². The van der Waals surface area contributed by atoms with Crippen LogP contribution in [0.2, 0.25) is 0 Å². The Morgan fingerprint density at radius 3 is 2.61 bits per heavy atom. The zero-order chi connectivity index (χ0) is 27.5. The highest BCUT2D eigenvalue weighted by Crippen LogP contribution is 2.67. The van der Waals surface area contributed by atoms with E-state index in [0.717, 1.165) is 34.0 Å². The molecule has 1 unspecified atom stereocenters. The van der Waals surface area contributed by atoms with Crippen LogP contribution in [-0.4, -0.2) is 46.0 Å². The van der Waals surface area contributed by atoms with E-state index < -0.39 is 5.97 Å². The SMILES string of the molecule is COc1cc(C(=O)O)cc2sc(N3C4C[C@@H](OCc5c(C6CCC7(CC6)CC7)noc5C5CC5)C[C@@H]5CC[C@@]453)nc12. The number of carboxylic acids is 1. The van der Waals surface area contributed by atoms with Crippen LogP contribution in [0.5, 0.6) is 5.75 Å². The van der Waals surface area contributed by atoms with E-state index in [4.69, 9.17) is 19.0 Å². The zero-order valence-corrected chi connectivity index (χ0v) is 24.4. The number of aromatic carboxylic acids is 1. The molecule has 1 saturated heterocycles. The van der Waals surface area contributed by atoms with E-state index in [0.29, 0.717) is 41.6 Å². The average Bonchev–Trinajstić information content (AvgIpc) is 3.93. The third-order valence-electron chi connectivity index (χ3n) is 11.7. The Labute approximate surface area is 243 Å². The summed E-state index contributed by atoms with van der Waals surface area (Å²) in [5.41, 5.74) is 4.35. The molecule has 0 amide bonds. The van der Waals surface area contributed by atoms with Gasteiger partial charge in [-0.15, -0.1) is 0 Å². The van der Waals surface area contributed by atoms with Gasteiger partial charge in [0.2, 0.25) is 0 Å². The van der Waals surface area contributed by atoms with Crippen LogP contribution in [0.1, 0.15) is 116 Å². The molecule has 5 saturated carbocycles. The molecule has 1 aliphatic heterocycles. The maximum absolute atomic E-state index is 11.7. The van der Waals surface area contributed by atoms with Gasteiger partial charge in [-0.05, 0) is 101 Å². The van der Waals surface area contributed by atoms with Gasteiger partial charge in [-0.1, -0.05) is 16.5 Å². The van der Waals surface area contributed by atoms with Gasteiger partial charge in [0.25, 0.3) is 0 Å². The maximum atomic E-state index is 11.7. The topological polar surface area (TPSA) is 97.7 Å². The molecular weight excluding hydrogens is 538 g/mol. The molecule has 1 aromatic carbocycles. The molecule has 9 heteroatoms. The molecule has 6 aliphatic rings. The summed E-state index contributed by atoms with van der Waals surface area (Å²) in [5, 5.41) is 15.2. The van der Waals surface area contributed by atoms with Gasteiger partial charge >= 0.3 is 5.97 Å². The number of carboxylic acid groups (broad SMARTS) is 1. The number of nitrogens with zero attached hydrogens (tertiary/aromatic N) is 3. The first kappa shape index (κ1) is 24.9. The molecule has 3 aromatic rings. The molecule has 3 heterocycles. The number of carbonyl (C=O) groups is 1. The largest absolute Gasteiger partial charge is 0.494 e. The van der Waals surface area contributed by atoms with E-state index in [1.807, 2.05) is 0 Å². The highest BCUT2D eigenvalue weighted by atomic mass is 32.1. The molecule has 0 radical (unpaired) electrons. The van der Waals surface area contributed by atoms with Crippen LogP contribution in [-0.2, 0) is 11.3 Å². The predicted octanol–water partition coefficient (Wildman–Crippen LogP) is 7.02. The first-order chi connectivity index (χ1) is 20.0. The van der Waals surface area contributed by atoms with Gasteiger partial charge in [-0.25, -0.2) is 9.78 Å². The summed E-state index contributed by atoms with van der Waals surface area (Å²) in [6.45, 7) is 0.625. The summed E-state index contributed by atoms with van der Waals surface area (Å²) in [6, 6.07) is 3.73. The molecule has 2 aromatic heterocycles. The van der Waals surface area contributed by atoms with Crippen LogP contribution in [0.25, 0.3) is 10.2 Å². The lowest BCUT2D eigenvalue weighted by Crippen LogP contribution is -2.46. The Kier molecular flexibility index (Phi) is 5.28. The Morgan fingerprint density at radius 1 is 1.10 bits per heavy atom. The summed E-state index contributed by atoms with van der Waals surface area (Å²) in [7, 11) is 1.58. The number of ether oxygens (including phenoxy) is 2. The molecule has 41 heavy (non-hydrogen) atoms. The van der Waals surface area contributed by atoms with Crippen molar-refractivity contribution < 1.29 is 23.9 Å². The minimum absolute atomic E-state index is 0.207. The van der Waals surface area contributed by atoms with Crippen molar-refractivity contribution in [2.24, 2.45) is 11.3 Å². The second-order valence-electron chi connectivity index (χ2n) is 13.8. The van der Waals surface area contributed by atoms with Crippen molar-refractivity contribution in [1.82, 2.24) is 10.1 Å². The molecule has 1 N–H and O–H groups in total. The number of anilines is 1. The van der Waals surface area contributed by atoms with Gasteiger partial charge in [0.05, 0.1) is 47.4 Å². The van der Waals surface area contributed by atoms with Crippen molar-refractivity contribution in [3.05, 3.63) is 34.7 Å². The fraction of sp³-hybridized carbons (Fsp3) is 0.656. The Balaban J connectivity index is 0.935. The van der Waals surface area contributed by atoms with Gasteiger partial charge in [0.15, 0.2) is 5.13 Å². The van der Waals surface area contributed by atoms with Crippen molar-refractivity contribution in [1.29, 1.82) is 0 Å². The maximum Gasteiger partial charge on any atom is 0.335 e. The fourth-order valence-electron chi connectivity index (χ4n) is 8.77. The van der Waals surface area contributed by atoms with Crippen LogP contribution in [0, 0.1) is 11.3 Å². The lowest BCUT2D eigenvalue weighted by atomic mass is 9.64. The van der Waals surface area contributed by atoms with E-state index in [-0.39, 0.29) is 17.2 Å². The summed E-state index contributed by atoms with van der Waals surface area (Å²) < 4.78 is 19.2. The number of fused-ring (bicyclic) bond motifs is 1. The lowest BCUT2D eigenvalue weighted by Gasteiger charge is -2.42. The van der Waals surface area contributed by atoms with Crippen molar-refractivity contribution in [2.75, 3.05) is 12.0 Å². The molecule has 8 nitrogen and oxygen atoms in total. The van der Waals surface area contributed by atoms with E-state index >= 15 is 0 Å². The van der Waals surface area contributed by atoms with Gasteiger partial charge in [0.1, 0.15) is 17.0 Å². The van der Waals surface area contributed by atoms with Crippen LogP contribution < -0.4 is 9.64 Å². The van der Waals surface area contributed by atoms with E-state index in [1.165, 1.54) is 75.5 Å². The number of hydrogen-bond acceptors (Lipinski definition) is 8. The highest BCUT2D eigenvalue weighted by molar-refractivity contribution is 7.22. The van der Waals surface area contributed by atoms with E-state index in [1.54, 1.807) is 30.6 Å². The first-order valence-electron chi connectivity index (χ1n) is 15.6. The Bertz CT molecular complexity index is 1550. The molecule has 6 fully saturated rings. The highest BCUT2D eigenvalue weighted by Gasteiger charge is 2.73. The third kappa shape index (κ3) is 3.76. The van der Waals surface area contributed by atoms with Gasteiger partial charge in [0, 0.05) is 17.4 Å². The second kappa shape index (κ2) is 8.69. The molecule has 216 valence electrons. The number of hydrogen-bond donors (Lipinski definition) is 1. The van der Waals surface area contributed by atoms with E-state index in [9.17, 15) is 9.90 Å². The second-order valence-corrected chi connectivity index (χ2v) is 14.8. The van der Waals surface area contributed by atoms with Gasteiger partial charge in [-0.3, -0.25) is 0 Å². The molecule has 5 aliphatic carbocycles. The van der Waals surface area contributed by atoms with Crippen molar-refractivity contribution in [2.45, 2.75) is 113 Å². The number of methoxy groups -OCH3 is 1. The monoisotopic (exact) mass is 575 g/mol. The number of rotatable bonds is 8. The lowest BCUT2D eigenvalue weighted by molar-refractivity contribution is -0.0164. The normalized spacial score (nSPS) is 31.5. The minimum Gasteiger partial charge on any atom is -0.494 e. The predicted molar refractivity (Wildman–Crippen MR) is 154 cm³/mol. The first-order valence-corrected chi connectivity index (χ1v) is 16.4. The Hall–Kier alpha value is -2.65. The summed E-state index contributed by atoms with van der Waals surface area (Å²) in [5.74, 6) is 2.37. The van der Waals surface area contributed by atoms with E-state index in [2.05, 4.69) is 10.1 Å². The third-order valence-corrected chi connectivity index (χ3v) is 12.7. The molecular formula is C32H37N3O5S. The average molecular weight is 576 g/mol. The molecule has 4 atom stereocenters. The molecule has 0 bridgehead atoms. The van der Waals surface area contributed by atoms with Crippen molar-refractivity contribution in [3.63, 3.8) is 0 Å². The van der Waals surface area contributed by atoms with Crippen LogP contribution in [0.15, 0.2) is 16.7 Å². The Morgan fingerprint density at radius 2 is 1.93 bits per heavy atom. The molecule has 2 spiro atoms. The standard InChI is InChI=1S/C32H37N3O5S/c1-38-23-12-19(29(36)37)13-24-27(23)33-30(41-24)35-25-15-21(14-20-6-9-32(20,25)35)39-16-22-26(34-40-28(22)18-2-3-18)17-4-7-31(8-5-17)10-11-31/h12-13,17-18,20-21,25H,2-11,14-16H2,1H3,(H,36,37)/t20-,21-,25?,32-,35?/m0/s1. The molecule has 9 rings (SSSR count). The summed E-state index contributed by atoms with van der Waals surface area (Å²) in [4.78, 5) is 19.1.